The van der Waals surface area contributed by atoms with Crippen LogP contribution in [-0.2, 0) is 16.1 Å². The van der Waals surface area contributed by atoms with E-state index in [1.165, 1.54) is 25.3 Å². The van der Waals surface area contributed by atoms with E-state index in [-0.39, 0.29) is 23.6 Å². The van der Waals surface area contributed by atoms with Crippen molar-refractivity contribution in [2.24, 2.45) is 0 Å². The van der Waals surface area contributed by atoms with E-state index in [1.807, 2.05) is 31.2 Å². The number of halogens is 2. The maximum absolute atomic E-state index is 12.4. The highest BCUT2D eigenvalue weighted by Gasteiger charge is 2.16. The summed E-state index contributed by atoms with van der Waals surface area (Å²) in [6, 6.07) is 11.1. The van der Waals surface area contributed by atoms with Crippen molar-refractivity contribution in [3.63, 3.8) is 0 Å². The summed E-state index contributed by atoms with van der Waals surface area (Å²) in [5, 5.41) is 11.8. The molecule has 9 nitrogen and oxygen atoms in total. The van der Waals surface area contributed by atoms with Gasteiger partial charge in [0, 0.05) is 11.1 Å². The van der Waals surface area contributed by atoms with Crippen molar-refractivity contribution in [2.45, 2.75) is 20.1 Å². The fourth-order valence-electron chi connectivity index (χ4n) is 2.55. The van der Waals surface area contributed by atoms with Gasteiger partial charge in [0.2, 0.25) is 5.82 Å². The van der Waals surface area contributed by atoms with Gasteiger partial charge in [0.05, 0.1) is 7.11 Å². The van der Waals surface area contributed by atoms with E-state index in [2.05, 4.69) is 20.1 Å². The molecule has 31 heavy (non-hydrogen) atoms. The van der Waals surface area contributed by atoms with E-state index < -0.39 is 25.0 Å². The number of carbonyl (C=O) groups excluding carboxylic acids is 2. The van der Waals surface area contributed by atoms with E-state index in [0.29, 0.717) is 5.82 Å². The van der Waals surface area contributed by atoms with E-state index in [0.717, 1.165) is 15.9 Å². The van der Waals surface area contributed by atoms with Gasteiger partial charge in [-0.15, -0.1) is 10.2 Å². The average Bonchev–Trinajstić information content (AvgIpc) is 3.20. The maximum Gasteiger partial charge on any atom is 0.387 e. The van der Waals surface area contributed by atoms with Crippen LogP contribution in [0.2, 0.25) is 0 Å². The van der Waals surface area contributed by atoms with Crippen molar-refractivity contribution in [3.8, 4) is 22.9 Å². The number of aryl methyl sites for hydroxylation is 1. The molecule has 11 heteroatoms. The number of ether oxygens (including phenoxy) is 3. The second-order valence-corrected chi connectivity index (χ2v) is 6.34. The fourth-order valence-corrected chi connectivity index (χ4v) is 2.55. The predicted molar refractivity (Wildman–Crippen MR) is 103 cm³/mol. The number of alkyl halides is 2. The molecule has 0 aliphatic rings. The molecule has 0 fully saturated rings. The molecule has 0 aliphatic heterocycles. The van der Waals surface area contributed by atoms with Crippen molar-refractivity contribution >= 4 is 11.8 Å². The molecule has 0 atom stereocenters. The first-order valence-electron chi connectivity index (χ1n) is 9.02. The van der Waals surface area contributed by atoms with Crippen molar-refractivity contribution in [1.29, 1.82) is 0 Å². The van der Waals surface area contributed by atoms with E-state index in [9.17, 15) is 18.4 Å². The molecule has 2 aromatic carbocycles. The Hall–Kier alpha value is -3.89. The predicted octanol–water partition coefficient (Wildman–Crippen LogP) is 2.68. The molecule has 3 rings (SSSR count). The third-order valence-corrected chi connectivity index (χ3v) is 4.10. The Morgan fingerprint density at radius 1 is 1.10 bits per heavy atom. The zero-order valence-electron chi connectivity index (χ0n) is 16.6. The molecule has 0 spiro atoms. The van der Waals surface area contributed by atoms with Crippen LogP contribution in [0.1, 0.15) is 15.9 Å². The molecule has 0 N–H and O–H groups in total. The molecule has 162 valence electrons. The fraction of sp³-hybridized carbons (Fsp3) is 0.250. The van der Waals surface area contributed by atoms with Gasteiger partial charge in [-0.05, 0) is 30.3 Å². The Kier molecular flexibility index (Phi) is 6.85. The molecule has 0 saturated carbocycles. The first-order chi connectivity index (χ1) is 14.9. The summed E-state index contributed by atoms with van der Waals surface area (Å²) in [5.41, 5.74) is 1.93. The van der Waals surface area contributed by atoms with E-state index in [1.54, 1.807) is 0 Å². The lowest BCUT2D eigenvalue weighted by molar-refractivity contribution is -0.143. The molecule has 0 amide bonds. The lowest BCUT2D eigenvalue weighted by atomic mass is 10.1. The van der Waals surface area contributed by atoms with E-state index >= 15 is 0 Å². The van der Waals surface area contributed by atoms with Crippen LogP contribution >= 0.6 is 0 Å². The molecule has 0 unspecified atom stereocenters. The van der Waals surface area contributed by atoms with Crippen molar-refractivity contribution in [1.82, 2.24) is 20.2 Å². The summed E-state index contributed by atoms with van der Waals surface area (Å²) in [4.78, 5) is 25.3. The molecule has 1 heterocycles. The first kappa shape index (κ1) is 21.8. The van der Waals surface area contributed by atoms with E-state index in [4.69, 9.17) is 9.47 Å². The number of nitrogens with zero attached hydrogens (tertiary/aromatic N) is 4. The van der Waals surface area contributed by atoms with Crippen molar-refractivity contribution in [2.75, 3.05) is 13.7 Å². The molecular weight excluding hydrogens is 414 g/mol. The lowest BCUT2D eigenvalue weighted by Gasteiger charge is -2.11. The topological polar surface area (TPSA) is 105 Å². The van der Waals surface area contributed by atoms with Crippen LogP contribution in [0.5, 0.6) is 11.5 Å². The van der Waals surface area contributed by atoms with Gasteiger partial charge < -0.3 is 14.2 Å². The Morgan fingerprint density at radius 3 is 2.52 bits per heavy atom. The number of Topliss-reactive ketones (excluding diaryl/α,β-unsaturated/α-hetero) is 1. The molecule has 0 aliphatic carbocycles. The van der Waals surface area contributed by atoms with Crippen LogP contribution in [-0.4, -0.2) is 52.3 Å². The zero-order valence-corrected chi connectivity index (χ0v) is 16.6. The number of tetrazole rings is 1. The molecule has 0 bridgehead atoms. The van der Waals surface area contributed by atoms with Crippen molar-refractivity contribution < 1.29 is 32.6 Å². The quantitative estimate of drug-likeness (QED) is 0.375. The van der Waals surface area contributed by atoms with Gasteiger partial charge in [0.1, 0.15) is 0 Å². The van der Waals surface area contributed by atoms with Gasteiger partial charge in [0.25, 0.3) is 0 Å². The number of carbonyl (C=O) groups is 2. The first-order valence-corrected chi connectivity index (χ1v) is 9.02. The molecule has 3 aromatic rings. The van der Waals surface area contributed by atoms with Gasteiger partial charge in [-0.1, -0.05) is 29.8 Å². The number of aromatic nitrogens is 4. The summed E-state index contributed by atoms with van der Waals surface area (Å²) >= 11 is 0. The van der Waals surface area contributed by atoms with Crippen LogP contribution in [0.3, 0.4) is 0 Å². The number of hydrogen-bond donors (Lipinski definition) is 0. The van der Waals surface area contributed by atoms with Crippen LogP contribution in [0.15, 0.2) is 42.5 Å². The monoisotopic (exact) mass is 432 g/mol. The van der Waals surface area contributed by atoms with Crippen LogP contribution in [0.25, 0.3) is 11.4 Å². The highest BCUT2D eigenvalue weighted by Crippen LogP contribution is 2.29. The highest BCUT2D eigenvalue weighted by molar-refractivity contribution is 5.98. The van der Waals surface area contributed by atoms with Gasteiger partial charge in [0.15, 0.2) is 30.4 Å². The minimum absolute atomic E-state index is 0.0482. The van der Waals surface area contributed by atoms with Crippen LogP contribution < -0.4 is 9.47 Å². The Balaban J connectivity index is 1.56. The largest absolute Gasteiger partial charge is 0.493 e. The smallest absolute Gasteiger partial charge is 0.387 e. The summed E-state index contributed by atoms with van der Waals surface area (Å²) in [7, 11) is 1.25. The second kappa shape index (κ2) is 9.74. The minimum atomic E-state index is -3.03. The summed E-state index contributed by atoms with van der Waals surface area (Å²) < 4.78 is 39.0. The Labute approximate surface area is 175 Å². The summed E-state index contributed by atoms with van der Waals surface area (Å²) in [6.07, 6.45) is 0. The lowest BCUT2D eigenvalue weighted by Crippen LogP contribution is -2.20. The standard InChI is InChI=1S/C20H18F2N4O5/c1-12-3-5-13(6-4-12)19-23-25-26(24-19)10-18(28)30-11-15(27)14-7-8-16(31-20(21)22)17(9-14)29-2/h3-9,20H,10-11H2,1-2H3. The Bertz CT molecular complexity index is 1070. The molecular formula is C20H18F2N4O5. The number of hydrogen-bond acceptors (Lipinski definition) is 8. The maximum atomic E-state index is 12.4. The zero-order chi connectivity index (χ0) is 22.4. The van der Waals surface area contributed by atoms with Gasteiger partial charge >= 0.3 is 12.6 Å². The third-order valence-electron chi connectivity index (χ3n) is 4.10. The number of rotatable bonds is 9. The summed E-state index contributed by atoms with van der Waals surface area (Å²) in [6.45, 7) is -1.98. The van der Waals surface area contributed by atoms with Crippen LogP contribution in [0, 0.1) is 6.92 Å². The number of methoxy groups -OCH3 is 1. The Morgan fingerprint density at radius 2 is 1.84 bits per heavy atom. The molecule has 0 saturated heterocycles. The van der Waals surface area contributed by atoms with Gasteiger partial charge in [-0.25, -0.2) is 4.79 Å². The van der Waals surface area contributed by atoms with Crippen LogP contribution in [0.4, 0.5) is 8.78 Å². The molecule has 1 aromatic heterocycles. The average molecular weight is 432 g/mol. The van der Waals surface area contributed by atoms with Gasteiger partial charge in [-0.2, -0.15) is 13.6 Å². The van der Waals surface area contributed by atoms with Crippen molar-refractivity contribution in [3.05, 3.63) is 53.6 Å². The summed E-state index contributed by atoms with van der Waals surface area (Å²) in [5.74, 6) is -1.21. The second-order valence-electron chi connectivity index (χ2n) is 6.34. The third kappa shape index (κ3) is 5.81. The SMILES string of the molecule is COc1cc(C(=O)COC(=O)Cn2nnc(-c3ccc(C)cc3)n2)ccc1OC(F)F. The molecule has 0 radical (unpaired) electrons. The number of esters is 1. The minimum Gasteiger partial charge on any atom is -0.493 e. The number of benzene rings is 2. The normalized spacial score (nSPS) is 10.7. The highest BCUT2D eigenvalue weighted by atomic mass is 19.3. The number of ketones is 1. The van der Waals surface area contributed by atoms with Gasteiger partial charge in [-0.3, -0.25) is 4.79 Å².